The highest BCUT2D eigenvalue weighted by molar-refractivity contribution is 5.94. The quantitative estimate of drug-likeness (QED) is 0.304. The van der Waals surface area contributed by atoms with Gasteiger partial charge in [-0.05, 0) is 32.0 Å². The van der Waals surface area contributed by atoms with E-state index in [1.54, 1.807) is 4.90 Å². The lowest BCUT2D eigenvalue weighted by atomic mass is 10.2. The SMILES string of the molecule is COc1cc(C(=O)NN)ccc1Oc1ncnc(N2CC(C)OC(C)C2)c1[N+](=O)[O-]. The molecule has 12 heteroatoms. The number of morpholine rings is 1. The highest BCUT2D eigenvalue weighted by atomic mass is 16.6. The van der Waals surface area contributed by atoms with Crippen molar-refractivity contribution >= 4 is 17.4 Å². The molecule has 1 aromatic carbocycles. The predicted molar refractivity (Wildman–Crippen MR) is 106 cm³/mol. The molecule has 2 atom stereocenters. The Morgan fingerprint density at radius 3 is 2.60 bits per heavy atom. The number of ether oxygens (including phenoxy) is 3. The Bertz CT molecular complexity index is 945. The van der Waals surface area contributed by atoms with Crippen LogP contribution in [0, 0.1) is 10.1 Å². The van der Waals surface area contributed by atoms with E-state index in [0.29, 0.717) is 13.1 Å². The molecule has 2 unspecified atom stereocenters. The number of methoxy groups -OCH3 is 1. The molecule has 0 spiro atoms. The summed E-state index contributed by atoms with van der Waals surface area (Å²) in [5, 5.41) is 11.9. The van der Waals surface area contributed by atoms with Crippen LogP contribution in [-0.2, 0) is 4.74 Å². The van der Waals surface area contributed by atoms with Crippen LogP contribution in [0.4, 0.5) is 11.5 Å². The van der Waals surface area contributed by atoms with Crippen molar-refractivity contribution in [1.82, 2.24) is 15.4 Å². The highest BCUT2D eigenvalue weighted by Gasteiger charge is 2.33. The Labute approximate surface area is 172 Å². The lowest BCUT2D eigenvalue weighted by Crippen LogP contribution is -2.46. The minimum Gasteiger partial charge on any atom is -0.493 e. The number of aromatic nitrogens is 2. The first kappa shape index (κ1) is 21.2. The summed E-state index contributed by atoms with van der Waals surface area (Å²) in [6.45, 7) is 4.65. The van der Waals surface area contributed by atoms with Crippen LogP contribution >= 0.6 is 0 Å². The van der Waals surface area contributed by atoms with E-state index in [-0.39, 0.29) is 46.7 Å². The monoisotopic (exact) mass is 418 g/mol. The highest BCUT2D eigenvalue weighted by Crippen LogP contribution is 2.39. The number of hydrazine groups is 1. The molecule has 2 aromatic rings. The van der Waals surface area contributed by atoms with Crippen LogP contribution in [0.2, 0.25) is 0 Å². The lowest BCUT2D eigenvalue weighted by Gasteiger charge is -2.35. The largest absolute Gasteiger partial charge is 0.493 e. The van der Waals surface area contributed by atoms with Crippen molar-refractivity contribution in [3.05, 3.63) is 40.2 Å². The minimum atomic E-state index is -0.585. The van der Waals surface area contributed by atoms with Gasteiger partial charge in [0.25, 0.3) is 5.91 Å². The number of hydrogen-bond donors (Lipinski definition) is 2. The van der Waals surface area contributed by atoms with E-state index < -0.39 is 10.8 Å². The van der Waals surface area contributed by atoms with Crippen LogP contribution in [0.3, 0.4) is 0 Å². The predicted octanol–water partition coefficient (Wildman–Crippen LogP) is 1.40. The van der Waals surface area contributed by atoms with Gasteiger partial charge in [-0.15, -0.1) is 0 Å². The molecule has 1 amide bonds. The van der Waals surface area contributed by atoms with Crippen molar-refractivity contribution < 1.29 is 23.9 Å². The maximum absolute atomic E-state index is 11.9. The maximum Gasteiger partial charge on any atom is 0.373 e. The van der Waals surface area contributed by atoms with Gasteiger partial charge in [0.15, 0.2) is 11.5 Å². The van der Waals surface area contributed by atoms with Gasteiger partial charge >= 0.3 is 11.6 Å². The molecule has 0 radical (unpaired) electrons. The summed E-state index contributed by atoms with van der Waals surface area (Å²) in [5.74, 6) is 4.84. The zero-order chi connectivity index (χ0) is 21.8. The summed E-state index contributed by atoms with van der Waals surface area (Å²) >= 11 is 0. The smallest absolute Gasteiger partial charge is 0.373 e. The van der Waals surface area contributed by atoms with E-state index in [0.717, 1.165) is 0 Å². The van der Waals surface area contributed by atoms with Gasteiger partial charge in [0.1, 0.15) is 6.33 Å². The summed E-state index contributed by atoms with van der Waals surface area (Å²) in [4.78, 5) is 32.8. The second-order valence-corrected chi connectivity index (χ2v) is 6.71. The van der Waals surface area contributed by atoms with Crippen molar-refractivity contribution in [2.75, 3.05) is 25.1 Å². The Kier molecular flexibility index (Phi) is 6.28. The molecule has 30 heavy (non-hydrogen) atoms. The summed E-state index contributed by atoms with van der Waals surface area (Å²) in [6.07, 6.45) is 0.966. The number of carbonyl (C=O) groups is 1. The van der Waals surface area contributed by atoms with E-state index in [1.165, 1.54) is 31.6 Å². The van der Waals surface area contributed by atoms with Crippen molar-refractivity contribution in [2.45, 2.75) is 26.1 Å². The number of nitro groups is 1. The molecule has 0 bridgehead atoms. The van der Waals surface area contributed by atoms with E-state index in [2.05, 4.69) is 9.97 Å². The molecule has 0 aliphatic carbocycles. The molecule has 1 aliphatic heterocycles. The van der Waals surface area contributed by atoms with E-state index >= 15 is 0 Å². The summed E-state index contributed by atoms with van der Waals surface area (Å²) in [6, 6.07) is 4.28. The molecule has 3 N–H and O–H groups in total. The standard InChI is InChI=1S/C18H22N6O6/c1-10-7-23(8-11(2)29-10)16-15(24(26)27)18(21-9-20-16)30-13-5-4-12(17(25)22-19)6-14(13)28-3/h4-6,9-11H,7-8,19H2,1-3H3,(H,22,25). The van der Waals surface area contributed by atoms with Crippen molar-refractivity contribution in [2.24, 2.45) is 5.84 Å². The third kappa shape index (κ3) is 4.39. The second-order valence-electron chi connectivity index (χ2n) is 6.71. The van der Waals surface area contributed by atoms with E-state index in [9.17, 15) is 14.9 Å². The molecule has 3 rings (SSSR count). The number of nitrogen functional groups attached to an aromatic ring is 1. The first-order valence-electron chi connectivity index (χ1n) is 9.10. The van der Waals surface area contributed by atoms with Gasteiger partial charge in [0.2, 0.25) is 5.82 Å². The van der Waals surface area contributed by atoms with Gasteiger partial charge < -0.3 is 19.1 Å². The van der Waals surface area contributed by atoms with Gasteiger partial charge in [-0.3, -0.25) is 20.3 Å². The minimum absolute atomic E-state index is 0.117. The topological polar surface area (TPSA) is 155 Å². The number of amides is 1. The fourth-order valence-electron chi connectivity index (χ4n) is 3.25. The molecule has 160 valence electrons. The normalized spacial score (nSPS) is 18.6. The van der Waals surface area contributed by atoms with E-state index in [4.69, 9.17) is 20.1 Å². The summed E-state index contributed by atoms with van der Waals surface area (Å²) < 4.78 is 16.6. The average Bonchev–Trinajstić information content (AvgIpc) is 2.72. The number of hydrogen-bond acceptors (Lipinski definition) is 10. The Morgan fingerprint density at radius 1 is 1.30 bits per heavy atom. The molecule has 2 heterocycles. The molecular formula is C18H22N6O6. The molecule has 1 saturated heterocycles. The second kappa shape index (κ2) is 8.88. The van der Waals surface area contributed by atoms with Crippen LogP contribution in [0.25, 0.3) is 0 Å². The van der Waals surface area contributed by atoms with E-state index in [1.807, 2.05) is 19.3 Å². The molecular weight excluding hydrogens is 396 g/mol. The number of nitrogens with zero attached hydrogens (tertiary/aromatic N) is 4. The van der Waals surface area contributed by atoms with Crippen LogP contribution in [0.5, 0.6) is 17.4 Å². The van der Waals surface area contributed by atoms with Gasteiger partial charge in [-0.25, -0.2) is 10.8 Å². The van der Waals surface area contributed by atoms with Crippen LogP contribution < -0.4 is 25.6 Å². The van der Waals surface area contributed by atoms with Gasteiger partial charge in [0.05, 0.1) is 24.2 Å². The number of anilines is 1. The van der Waals surface area contributed by atoms with Crippen LogP contribution in [-0.4, -0.2) is 53.2 Å². The number of carbonyl (C=O) groups excluding carboxylic acids is 1. The molecule has 12 nitrogen and oxygen atoms in total. The number of nitrogens with two attached hydrogens (primary N) is 1. The fraction of sp³-hybridized carbons (Fsp3) is 0.389. The average molecular weight is 418 g/mol. The molecule has 1 aromatic heterocycles. The Hall–Kier alpha value is -3.51. The number of benzene rings is 1. The molecule has 1 aliphatic rings. The lowest BCUT2D eigenvalue weighted by molar-refractivity contribution is -0.385. The van der Waals surface area contributed by atoms with Gasteiger partial charge in [0, 0.05) is 18.7 Å². The third-order valence-electron chi connectivity index (χ3n) is 4.43. The first-order chi connectivity index (χ1) is 14.3. The Morgan fingerprint density at radius 2 is 2.00 bits per heavy atom. The molecule has 0 saturated carbocycles. The van der Waals surface area contributed by atoms with Gasteiger partial charge in [-0.1, -0.05) is 0 Å². The first-order valence-corrected chi connectivity index (χ1v) is 9.10. The Balaban J connectivity index is 1.99. The zero-order valence-corrected chi connectivity index (χ0v) is 16.7. The van der Waals surface area contributed by atoms with Crippen molar-refractivity contribution in [3.63, 3.8) is 0 Å². The summed E-state index contributed by atoms with van der Waals surface area (Å²) in [5.41, 5.74) is 1.88. The third-order valence-corrected chi connectivity index (χ3v) is 4.43. The van der Waals surface area contributed by atoms with Crippen molar-refractivity contribution in [3.8, 4) is 17.4 Å². The fourth-order valence-corrected chi connectivity index (χ4v) is 3.25. The molecule has 1 fully saturated rings. The van der Waals surface area contributed by atoms with Crippen LogP contribution in [0.15, 0.2) is 24.5 Å². The van der Waals surface area contributed by atoms with Gasteiger partial charge in [-0.2, -0.15) is 4.98 Å². The summed E-state index contributed by atoms with van der Waals surface area (Å²) in [7, 11) is 1.38. The van der Waals surface area contributed by atoms with Crippen LogP contribution in [0.1, 0.15) is 24.2 Å². The number of rotatable bonds is 6. The zero-order valence-electron chi connectivity index (χ0n) is 16.7. The number of nitrogens with one attached hydrogen (secondary N) is 1. The van der Waals surface area contributed by atoms with Crippen molar-refractivity contribution in [1.29, 1.82) is 0 Å². The maximum atomic E-state index is 11.9.